The van der Waals surface area contributed by atoms with Crippen LogP contribution in [0.5, 0.6) is 0 Å². The van der Waals surface area contributed by atoms with Crippen molar-refractivity contribution in [3.63, 3.8) is 0 Å². The van der Waals surface area contributed by atoms with Gasteiger partial charge in [-0.2, -0.15) is 0 Å². The topological polar surface area (TPSA) is 61.8 Å². The van der Waals surface area contributed by atoms with Crippen LogP contribution in [0.25, 0.3) is 0 Å². The average Bonchev–Trinajstić information content (AvgIpc) is 3.01. The predicted octanol–water partition coefficient (Wildman–Crippen LogP) is 1.66. The largest absolute Gasteiger partial charge is 0.379 e. The van der Waals surface area contributed by atoms with Gasteiger partial charge in [-0.1, -0.05) is 0 Å². The number of rotatable bonds is 9. The van der Waals surface area contributed by atoms with Gasteiger partial charge in [0.15, 0.2) is 5.96 Å². The second-order valence-corrected chi connectivity index (χ2v) is 6.92. The third-order valence-corrected chi connectivity index (χ3v) is 4.93. The molecule has 136 valence electrons. The van der Waals surface area contributed by atoms with E-state index in [1.165, 1.54) is 5.01 Å². The highest BCUT2D eigenvalue weighted by atomic mass is 32.1. The first-order valence-corrected chi connectivity index (χ1v) is 9.89. The Morgan fingerprint density at radius 1 is 1.33 bits per heavy atom. The zero-order chi connectivity index (χ0) is 17.0. The van der Waals surface area contributed by atoms with Crippen molar-refractivity contribution < 1.29 is 4.74 Å². The minimum Gasteiger partial charge on any atom is -0.379 e. The minimum atomic E-state index is 0.854. The molecule has 0 aliphatic carbocycles. The maximum atomic E-state index is 5.37. The Bertz CT molecular complexity index is 485. The van der Waals surface area contributed by atoms with Crippen molar-refractivity contribution in [1.29, 1.82) is 0 Å². The van der Waals surface area contributed by atoms with E-state index in [9.17, 15) is 0 Å². The van der Waals surface area contributed by atoms with E-state index in [-0.39, 0.29) is 0 Å². The molecule has 0 unspecified atom stereocenters. The fourth-order valence-corrected chi connectivity index (χ4v) is 3.41. The summed E-state index contributed by atoms with van der Waals surface area (Å²) in [6.07, 6.45) is 3.30. The number of morpholine rings is 1. The lowest BCUT2D eigenvalue weighted by Crippen LogP contribution is -2.44. The van der Waals surface area contributed by atoms with Crippen molar-refractivity contribution in [2.75, 3.05) is 52.5 Å². The van der Waals surface area contributed by atoms with Crippen molar-refractivity contribution in [3.05, 3.63) is 16.1 Å². The summed E-state index contributed by atoms with van der Waals surface area (Å²) >= 11 is 1.76. The first-order valence-electron chi connectivity index (χ1n) is 9.01. The van der Waals surface area contributed by atoms with E-state index in [2.05, 4.69) is 44.7 Å². The van der Waals surface area contributed by atoms with Crippen LogP contribution < -0.4 is 10.6 Å². The van der Waals surface area contributed by atoms with E-state index in [1.807, 2.05) is 0 Å². The van der Waals surface area contributed by atoms with E-state index < -0.39 is 0 Å². The molecule has 1 aromatic heterocycles. The van der Waals surface area contributed by atoms with Gasteiger partial charge in [0.1, 0.15) is 0 Å². The van der Waals surface area contributed by atoms with Crippen LogP contribution in [0, 0.1) is 6.92 Å². The van der Waals surface area contributed by atoms with Crippen molar-refractivity contribution >= 4 is 17.3 Å². The van der Waals surface area contributed by atoms with Crippen LogP contribution in [0.15, 0.2) is 10.4 Å². The van der Waals surface area contributed by atoms with Gasteiger partial charge < -0.3 is 15.4 Å². The summed E-state index contributed by atoms with van der Waals surface area (Å²) in [5, 5.41) is 10.1. The van der Waals surface area contributed by atoms with Gasteiger partial charge in [-0.25, -0.2) is 4.98 Å². The average molecular weight is 354 g/mol. The first kappa shape index (κ1) is 19.1. The van der Waals surface area contributed by atoms with Gasteiger partial charge in [0.05, 0.1) is 18.2 Å². The van der Waals surface area contributed by atoms with Crippen molar-refractivity contribution in [3.8, 4) is 0 Å². The normalized spacial score (nSPS) is 16.3. The lowest BCUT2D eigenvalue weighted by Gasteiger charge is -2.26. The van der Waals surface area contributed by atoms with Crippen LogP contribution in [-0.2, 0) is 11.2 Å². The summed E-state index contributed by atoms with van der Waals surface area (Å²) in [7, 11) is 0. The molecule has 0 amide bonds. The van der Waals surface area contributed by atoms with Crippen LogP contribution >= 0.6 is 11.3 Å². The molecule has 2 heterocycles. The van der Waals surface area contributed by atoms with Gasteiger partial charge in [0.2, 0.25) is 0 Å². The number of aromatic nitrogens is 1. The number of ether oxygens (including phenoxy) is 1. The third-order valence-electron chi connectivity index (χ3n) is 3.90. The van der Waals surface area contributed by atoms with Crippen LogP contribution in [0.4, 0.5) is 0 Å². The SMILES string of the molecule is CCNC(=NCCCCc1nc(C)cs1)NCCN1CCOCC1. The molecule has 0 radical (unpaired) electrons. The molecule has 1 saturated heterocycles. The van der Waals surface area contributed by atoms with Crippen molar-refractivity contribution in [2.24, 2.45) is 4.99 Å². The number of guanidine groups is 1. The summed E-state index contributed by atoms with van der Waals surface area (Å²) in [5.41, 5.74) is 1.13. The highest BCUT2D eigenvalue weighted by molar-refractivity contribution is 7.09. The first-order chi connectivity index (χ1) is 11.8. The van der Waals surface area contributed by atoms with Crippen molar-refractivity contribution in [1.82, 2.24) is 20.5 Å². The van der Waals surface area contributed by atoms with Gasteiger partial charge in [-0.3, -0.25) is 9.89 Å². The quantitative estimate of drug-likeness (QED) is 0.402. The summed E-state index contributed by atoms with van der Waals surface area (Å²) in [6, 6.07) is 0. The molecular formula is C17H31N5OS. The molecule has 6 nitrogen and oxygen atoms in total. The number of thiazole rings is 1. The Morgan fingerprint density at radius 3 is 2.88 bits per heavy atom. The second kappa shape index (κ2) is 11.4. The zero-order valence-corrected chi connectivity index (χ0v) is 15.8. The Hall–Kier alpha value is -1.18. The third kappa shape index (κ3) is 7.59. The molecule has 24 heavy (non-hydrogen) atoms. The number of hydrogen-bond acceptors (Lipinski definition) is 5. The molecule has 2 N–H and O–H groups in total. The number of aliphatic imine (C=N–C) groups is 1. The summed E-state index contributed by atoms with van der Waals surface area (Å²) in [4.78, 5) is 11.6. The Kier molecular flexibility index (Phi) is 9.09. The molecule has 0 saturated carbocycles. The Morgan fingerprint density at radius 2 is 2.17 bits per heavy atom. The van der Waals surface area contributed by atoms with Crippen molar-refractivity contribution in [2.45, 2.75) is 33.1 Å². The Labute approximate surface area is 149 Å². The molecule has 2 rings (SSSR count). The monoisotopic (exact) mass is 353 g/mol. The molecule has 0 aromatic carbocycles. The summed E-state index contributed by atoms with van der Waals surface area (Å²) in [6.45, 7) is 11.6. The fourth-order valence-electron chi connectivity index (χ4n) is 2.60. The summed E-state index contributed by atoms with van der Waals surface area (Å²) in [5.74, 6) is 0.927. The van der Waals surface area contributed by atoms with Crippen LogP contribution in [0.3, 0.4) is 0 Å². The summed E-state index contributed by atoms with van der Waals surface area (Å²) < 4.78 is 5.37. The molecule has 7 heteroatoms. The van der Waals surface area contributed by atoms with E-state index in [0.29, 0.717) is 0 Å². The number of nitrogens with one attached hydrogen (secondary N) is 2. The minimum absolute atomic E-state index is 0.854. The smallest absolute Gasteiger partial charge is 0.191 e. The number of nitrogens with zero attached hydrogens (tertiary/aromatic N) is 3. The van der Waals surface area contributed by atoms with Gasteiger partial charge in [-0.15, -0.1) is 11.3 Å². The maximum absolute atomic E-state index is 5.37. The van der Waals surface area contributed by atoms with Crippen LogP contribution in [0.2, 0.25) is 0 Å². The van der Waals surface area contributed by atoms with E-state index in [1.54, 1.807) is 11.3 Å². The molecule has 1 aliphatic heterocycles. The highest BCUT2D eigenvalue weighted by Crippen LogP contribution is 2.11. The number of hydrogen-bond donors (Lipinski definition) is 2. The highest BCUT2D eigenvalue weighted by Gasteiger charge is 2.09. The van der Waals surface area contributed by atoms with E-state index >= 15 is 0 Å². The van der Waals surface area contributed by atoms with Gasteiger partial charge in [0.25, 0.3) is 0 Å². The molecule has 1 aromatic rings. The molecule has 0 bridgehead atoms. The lowest BCUT2D eigenvalue weighted by atomic mass is 10.2. The predicted molar refractivity (Wildman–Crippen MR) is 101 cm³/mol. The molecule has 1 aliphatic rings. The molecular weight excluding hydrogens is 322 g/mol. The zero-order valence-electron chi connectivity index (χ0n) is 15.0. The number of aryl methyl sites for hydroxylation is 2. The molecule has 0 spiro atoms. The van der Waals surface area contributed by atoms with E-state index in [0.717, 1.165) is 83.4 Å². The molecule has 0 atom stereocenters. The standard InChI is InChI=1S/C17H31N5OS/c1-3-18-17(20-8-9-22-10-12-23-13-11-22)19-7-5-4-6-16-21-15(2)14-24-16/h14H,3-13H2,1-2H3,(H2,18,19,20). The van der Waals surface area contributed by atoms with Gasteiger partial charge >= 0.3 is 0 Å². The second-order valence-electron chi connectivity index (χ2n) is 5.98. The Balaban J connectivity index is 1.60. The van der Waals surface area contributed by atoms with E-state index in [4.69, 9.17) is 4.74 Å². The lowest BCUT2D eigenvalue weighted by molar-refractivity contribution is 0.0389. The van der Waals surface area contributed by atoms with Gasteiger partial charge in [-0.05, 0) is 33.1 Å². The van der Waals surface area contributed by atoms with Crippen LogP contribution in [-0.4, -0.2) is 68.3 Å². The van der Waals surface area contributed by atoms with Crippen LogP contribution in [0.1, 0.15) is 30.5 Å². The maximum Gasteiger partial charge on any atom is 0.191 e. The van der Waals surface area contributed by atoms with Gasteiger partial charge in [0, 0.05) is 50.3 Å². The number of unbranched alkanes of at least 4 members (excludes halogenated alkanes) is 1. The fraction of sp³-hybridized carbons (Fsp3) is 0.765. The molecule has 1 fully saturated rings.